The monoisotopic (exact) mass is 265 g/mol. The van der Waals surface area contributed by atoms with E-state index in [4.69, 9.17) is 0 Å². The van der Waals surface area contributed by atoms with Crippen molar-refractivity contribution in [1.29, 1.82) is 0 Å². The van der Waals surface area contributed by atoms with Gasteiger partial charge in [0.25, 0.3) is 5.69 Å². The largest absolute Gasteiger partial charge is 0.465 e. The summed E-state index contributed by atoms with van der Waals surface area (Å²) in [5, 5.41) is 18.1. The first-order valence-electron chi connectivity index (χ1n) is 5.76. The predicted octanol–water partition coefficient (Wildman–Crippen LogP) is 2.59. The number of hydrogen-bond acceptors (Lipinski definition) is 5. The second-order valence-corrected chi connectivity index (χ2v) is 3.48. The average Bonchev–Trinajstić information content (AvgIpc) is 2.79. The van der Waals surface area contributed by atoms with Gasteiger partial charge in [0, 0.05) is 17.1 Å². The van der Waals surface area contributed by atoms with E-state index in [2.05, 4.69) is 14.9 Å². The number of nitrogens with one attached hydrogen (secondary N) is 1. The van der Waals surface area contributed by atoms with E-state index in [1.54, 1.807) is 6.92 Å². The van der Waals surface area contributed by atoms with Gasteiger partial charge >= 0.3 is 5.97 Å². The number of nitro benzene ring substituents is 1. The third-order valence-corrected chi connectivity index (χ3v) is 2.46. The zero-order valence-electron chi connectivity index (χ0n) is 11.2. The number of fused-ring (bicyclic) bond motifs is 1. The summed E-state index contributed by atoms with van der Waals surface area (Å²) >= 11 is 0. The van der Waals surface area contributed by atoms with E-state index in [1.165, 1.54) is 19.2 Å². The second kappa shape index (κ2) is 5.94. The van der Waals surface area contributed by atoms with Crippen LogP contribution in [0, 0.1) is 17.0 Å². The molecule has 0 aliphatic carbocycles. The molecule has 0 aliphatic heterocycles. The molecule has 1 aromatic heterocycles. The standard InChI is InChI=1S/C10H9N3O4.C2H6/c1-5-6-4-9(13(15)16)7(10(14)17-2)3-8(6)12-11-5;1-2/h3-4H,1-2H3,(H,11,12);1-2H3. The zero-order chi connectivity index (χ0) is 14.6. The van der Waals surface area contributed by atoms with Crippen molar-refractivity contribution >= 4 is 22.6 Å². The molecule has 2 aromatic rings. The van der Waals surface area contributed by atoms with Gasteiger partial charge in [-0.1, -0.05) is 13.8 Å². The highest BCUT2D eigenvalue weighted by Crippen LogP contribution is 2.26. The van der Waals surface area contributed by atoms with Crippen LogP contribution >= 0.6 is 0 Å². The van der Waals surface area contributed by atoms with Gasteiger partial charge in [-0.05, 0) is 13.0 Å². The second-order valence-electron chi connectivity index (χ2n) is 3.48. The zero-order valence-corrected chi connectivity index (χ0v) is 11.2. The van der Waals surface area contributed by atoms with Crippen molar-refractivity contribution in [1.82, 2.24) is 10.2 Å². The summed E-state index contributed by atoms with van der Waals surface area (Å²) in [5.74, 6) is -0.751. The Morgan fingerprint density at radius 3 is 2.58 bits per heavy atom. The van der Waals surface area contributed by atoms with Gasteiger partial charge in [0.05, 0.1) is 17.5 Å². The fraction of sp³-hybridized carbons (Fsp3) is 0.333. The molecule has 19 heavy (non-hydrogen) atoms. The van der Waals surface area contributed by atoms with Crippen molar-refractivity contribution in [3.63, 3.8) is 0 Å². The third kappa shape index (κ3) is 2.70. The third-order valence-electron chi connectivity index (χ3n) is 2.46. The molecule has 0 atom stereocenters. The summed E-state index contributed by atoms with van der Waals surface area (Å²) in [7, 11) is 1.17. The minimum Gasteiger partial charge on any atom is -0.465 e. The lowest BCUT2D eigenvalue weighted by Gasteiger charge is -2.01. The molecule has 0 saturated heterocycles. The van der Waals surface area contributed by atoms with E-state index >= 15 is 0 Å². The summed E-state index contributed by atoms with van der Waals surface area (Å²) < 4.78 is 4.50. The van der Waals surface area contributed by atoms with Crippen LogP contribution in [0.2, 0.25) is 0 Å². The van der Waals surface area contributed by atoms with Crippen LogP contribution in [0.4, 0.5) is 5.69 Å². The highest BCUT2D eigenvalue weighted by atomic mass is 16.6. The van der Waals surface area contributed by atoms with Crippen LogP contribution in [0.25, 0.3) is 10.9 Å². The fourth-order valence-corrected chi connectivity index (χ4v) is 1.60. The number of methoxy groups -OCH3 is 1. The highest BCUT2D eigenvalue weighted by molar-refractivity contribution is 5.99. The maximum Gasteiger partial charge on any atom is 0.344 e. The molecule has 0 aliphatic rings. The van der Waals surface area contributed by atoms with Gasteiger partial charge in [0.15, 0.2) is 0 Å². The number of rotatable bonds is 2. The molecule has 0 bridgehead atoms. The number of esters is 1. The number of ether oxygens (including phenoxy) is 1. The van der Waals surface area contributed by atoms with Crippen LogP contribution in [-0.4, -0.2) is 28.2 Å². The number of carbonyl (C=O) groups is 1. The van der Waals surface area contributed by atoms with Crippen molar-refractivity contribution in [3.8, 4) is 0 Å². The SMILES string of the molecule is CC.COC(=O)c1cc2n[nH]c(C)c2cc1[N+](=O)[O-]. The minimum absolute atomic E-state index is 0.100. The van der Waals surface area contributed by atoms with Gasteiger partial charge in [-0.25, -0.2) is 4.79 Å². The van der Waals surface area contributed by atoms with E-state index in [-0.39, 0.29) is 11.3 Å². The van der Waals surface area contributed by atoms with Crippen molar-refractivity contribution in [2.75, 3.05) is 7.11 Å². The molecule has 1 aromatic carbocycles. The van der Waals surface area contributed by atoms with Crippen molar-refractivity contribution < 1.29 is 14.5 Å². The quantitative estimate of drug-likeness (QED) is 0.511. The smallest absolute Gasteiger partial charge is 0.344 e. The number of aromatic amines is 1. The number of nitro groups is 1. The number of aryl methyl sites for hydroxylation is 1. The van der Waals surface area contributed by atoms with Crippen molar-refractivity contribution in [2.24, 2.45) is 0 Å². The summed E-state index contributed by atoms with van der Waals surface area (Å²) in [5.41, 5.74) is 0.818. The van der Waals surface area contributed by atoms with Crippen LogP contribution in [0.15, 0.2) is 12.1 Å². The molecule has 1 N–H and O–H groups in total. The van der Waals surface area contributed by atoms with Gasteiger partial charge in [-0.2, -0.15) is 5.10 Å². The fourth-order valence-electron chi connectivity index (χ4n) is 1.60. The predicted molar refractivity (Wildman–Crippen MR) is 70.2 cm³/mol. The van der Waals surface area contributed by atoms with Crippen molar-refractivity contribution in [2.45, 2.75) is 20.8 Å². The molecule has 1 heterocycles. The Bertz CT molecular complexity index is 619. The highest BCUT2D eigenvalue weighted by Gasteiger charge is 2.23. The lowest BCUT2D eigenvalue weighted by Crippen LogP contribution is -2.05. The molecular weight excluding hydrogens is 250 g/mol. The number of H-pyrrole nitrogens is 1. The summed E-state index contributed by atoms with van der Waals surface area (Å²) in [4.78, 5) is 21.7. The van der Waals surface area contributed by atoms with E-state index in [0.29, 0.717) is 16.6 Å². The maximum atomic E-state index is 11.4. The van der Waals surface area contributed by atoms with E-state index in [1.807, 2.05) is 13.8 Å². The Morgan fingerprint density at radius 2 is 2.05 bits per heavy atom. The molecule has 0 unspecified atom stereocenters. The normalized spacial score (nSPS) is 9.68. The Kier molecular flexibility index (Phi) is 4.57. The first-order chi connectivity index (χ1) is 9.04. The Hall–Kier alpha value is -2.44. The first kappa shape index (κ1) is 14.6. The van der Waals surface area contributed by atoms with Crippen LogP contribution in [0.1, 0.15) is 29.9 Å². The summed E-state index contributed by atoms with van der Waals surface area (Å²) in [6.07, 6.45) is 0. The van der Waals surface area contributed by atoms with Gasteiger partial charge in [0.1, 0.15) is 5.56 Å². The molecule has 102 valence electrons. The number of carbonyl (C=O) groups excluding carboxylic acids is 1. The molecule has 7 heteroatoms. The molecule has 0 radical (unpaired) electrons. The molecule has 7 nitrogen and oxygen atoms in total. The number of hydrogen-bond donors (Lipinski definition) is 1. The first-order valence-corrected chi connectivity index (χ1v) is 5.76. The van der Waals surface area contributed by atoms with Gasteiger partial charge in [0.2, 0.25) is 0 Å². The lowest BCUT2D eigenvalue weighted by molar-refractivity contribution is -0.385. The molecule has 2 rings (SSSR count). The summed E-state index contributed by atoms with van der Waals surface area (Å²) in [6.45, 7) is 5.75. The average molecular weight is 265 g/mol. The topological polar surface area (TPSA) is 98.1 Å². The van der Waals surface area contributed by atoms with Gasteiger partial charge in [-0.3, -0.25) is 15.2 Å². The molecule has 0 amide bonds. The molecule has 0 fully saturated rings. The van der Waals surface area contributed by atoms with E-state index in [9.17, 15) is 14.9 Å². The Balaban J connectivity index is 0.000000861. The van der Waals surface area contributed by atoms with Crippen LogP contribution in [0.3, 0.4) is 0 Å². The number of aromatic nitrogens is 2. The lowest BCUT2D eigenvalue weighted by atomic mass is 10.1. The molecule has 0 saturated carbocycles. The van der Waals surface area contributed by atoms with Crippen LogP contribution < -0.4 is 0 Å². The van der Waals surface area contributed by atoms with E-state index in [0.717, 1.165) is 0 Å². The van der Waals surface area contributed by atoms with E-state index < -0.39 is 10.9 Å². The Morgan fingerprint density at radius 1 is 1.42 bits per heavy atom. The van der Waals surface area contributed by atoms with Crippen LogP contribution in [0.5, 0.6) is 0 Å². The molecular formula is C12H15N3O4. The van der Waals surface area contributed by atoms with Gasteiger partial charge < -0.3 is 4.74 Å². The maximum absolute atomic E-state index is 11.4. The van der Waals surface area contributed by atoms with Gasteiger partial charge in [-0.15, -0.1) is 0 Å². The minimum atomic E-state index is -0.751. The summed E-state index contributed by atoms with van der Waals surface area (Å²) in [6, 6.07) is 2.67. The number of benzene rings is 1. The molecule has 0 spiro atoms. The number of nitrogens with zero attached hydrogens (tertiary/aromatic N) is 2. The van der Waals surface area contributed by atoms with Crippen LogP contribution in [-0.2, 0) is 4.74 Å². The van der Waals surface area contributed by atoms with Crippen molar-refractivity contribution in [3.05, 3.63) is 33.5 Å². The Labute approximate surface area is 109 Å².